The van der Waals surface area contributed by atoms with Crippen molar-refractivity contribution in [1.29, 1.82) is 5.41 Å². The summed E-state index contributed by atoms with van der Waals surface area (Å²) in [4.78, 5) is 69.6. The van der Waals surface area contributed by atoms with Crippen LogP contribution in [0.15, 0.2) is 53.5 Å². The summed E-state index contributed by atoms with van der Waals surface area (Å²) in [5.41, 5.74) is 25.8. The molecule has 11 N–H and O–H groups in total. The topological polar surface area (TPSA) is 340 Å². The van der Waals surface area contributed by atoms with Crippen molar-refractivity contribution in [1.82, 2.24) is 30.6 Å². The van der Waals surface area contributed by atoms with Crippen molar-refractivity contribution in [3.8, 4) is 11.5 Å². The Kier molecular flexibility index (Phi) is 25.7. The van der Waals surface area contributed by atoms with Crippen LogP contribution in [0.3, 0.4) is 0 Å². The fourth-order valence-electron chi connectivity index (χ4n) is 7.96. The highest BCUT2D eigenvalue weighted by Gasteiger charge is 2.25. The average Bonchev–Trinajstić information content (AvgIpc) is 3.39. The number of esters is 1. The quantitative estimate of drug-likeness (QED) is 0.00869. The Balaban J connectivity index is 0.783. The molecule has 0 bridgehead atoms. The average molecular weight is 1090 g/mol. The maximum atomic E-state index is 12.5. The molecule has 2 amide bonds. The maximum absolute atomic E-state index is 12.5. The van der Waals surface area contributed by atoms with Crippen molar-refractivity contribution >= 4 is 76.1 Å². The molecular weight excluding hydrogens is 1020 g/mol. The summed E-state index contributed by atoms with van der Waals surface area (Å²) in [5.74, 6) is 0.0315. The van der Waals surface area contributed by atoms with Crippen LogP contribution in [0.25, 0.3) is 0 Å². The minimum Gasteiger partial charge on any atom is -0.491 e. The van der Waals surface area contributed by atoms with Gasteiger partial charge in [-0.05, 0) is 119 Å². The zero-order chi connectivity index (χ0) is 54.7. The first-order valence-corrected chi connectivity index (χ1v) is 26.2. The Morgan fingerprint density at radius 2 is 1.24 bits per heavy atom. The molecule has 0 unspecified atom stereocenters. The third-order valence-electron chi connectivity index (χ3n) is 12.1. The number of aryl methyl sites for hydroxylation is 3. The molecular formula is C52H70Cl2N12O10. The fourth-order valence-corrected chi connectivity index (χ4v) is 8.22. The van der Waals surface area contributed by atoms with Crippen molar-refractivity contribution in [2.75, 3.05) is 76.6 Å². The van der Waals surface area contributed by atoms with Crippen molar-refractivity contribution in [3.63, 3.8) is 0 Å². The molecule has 1 fully saturated rings. The number of ether oxygens (including phenoxy) is 6. The van der Waals surface area contributed by atoms with Gasteiger partial charge in [0.1, 0.15) is 37.9 Å². The molecule has 1 saturated carbocycles. The summed E-state index contributed by atoms with van der Waals surface area (Å²) in [6.07, 6.45) is 9.35. The normalized spacial score (nSPS) is 14.4. The highest BCUT2D eigenvalue weighted by atomic mass is 35.5. The Morgan fingerprint density at radius 1 is 0.671 bits per heavy atom. The van der Waals surface area contributed by atoms with Crippen LogP contribution >= 0.6 is 23.2 Å². The van der Waals surface area contributed by atoms with Crippen molar-refractivity contribution in [2.45, 2.75) is 103 Å². The molecule has 4 aromatic rings. The number of guanidine groups is 1. The molecule has 2 aromatic heterocycles. The van der Waals surface area contributed by atoms with E-state index >= 15 is 0 Å². The van der Waals surface area contributed by atoms with Crippen LogP contribution in [0, 0.1) is 18.3 Å². The number of benzene rings is 2. The first kappa shape index (κ1) is 60.0. The fraction of sp³-hybridized carbons (Fsp3) is 0.500. The van der Waals surface area contributed by atoms with Crippen LogP contribution in [0.4, 0.5) is 22.2 Å². The molecule has 24 heteroatoms. The van der Waals surface area contributed by atoms with Gasteiger partial charge in [0, 0.05) is 24.7 Å². The van der Waals surface area contributed by atoms with Crippen LogP contribution in [0.2, 0.25) is 10.3 Å². The van der Waals surface area contributed by atoms with Gasteiger partial charge >= 0.3 is 12.1 Å². The lowest BCUT2D eigenvalue weighted by Crippen LogP contribution is -2.38. The second kappa shape index (κ2) is 32.5. The van der Waals surface area contributed by atoms with Gasteiger partial charge in [-0.15, -0.1) is 0 Å². The number of nitrogens with zero attached hydrogens (tertiary/aromatic N) is 5. The molecule has 0 spiro atoms. The van der Waals surface area contributed by atoms with E-state index in [9.17, 15) is 19.2 Å². The van der Waals surface area contributed by atoms with Gasteiger partial charge < -0.3 is 62.1 Å². The molecule has 5 rings (SSSR count). The van der Waals surface area contributed by atoms with E-state index in [1.165, 1.54) is 5.56 Å². The highest BCUT2D eigenvalue weighted by molar-refractivity contribution is 6.32. The standard InChI is InChI=1S/C52H70Cl2N12O10/c1-33-45(53)63-43(47(56)61-33)41(67)32-37(55)9-4-2-3-7-34-12-18-39(19-13-34)74-28-24-72-26-30-76-52(70)62-38-16-10-36(11-17-38)31-42(68)75-29-25-71-23-27-73-40-20-14-35(15-21-40)8-5-6-22-60-51(59)66-50(69)44-48(57)65-49(58)46(54)64-44/h12-15,18-21,36,38,55H,2-11,16-17,22-32H2,1H3,(H2,56,61)(H,62,70)(H4,57,58,65)(H3,59,60,66,69). The predicted octanol–water partition coefficient (Wildman–Crippen LogP) is 6.80. The number of alkyl carbamates (subject to hydrolysis) is 1. The van der Waals surface area contributed by atoms with Gasteiger partial charge in [-0.25, -0.2) is 24.7 Å². The molecule has 1 aliphatic carbocycles. The zero-order valence-corrected chi connectivity index (χ0v) is 44.4. The summed E-state index contributed by atoms with van der Waals surface area (Å²) >= 11 is 11.8. The van der Waals surface area contributed by atoms with E-state index in [0.717, 1.165) is 81.9 Å². The number of Topliss-reactive ketones (excluding diaryl/α,β-unsaturated/α-hetero) is 1. The molecule has 1 aliphatic rings. The van der Waals surface area contributed by atoms with Gasteiger partial charge in [0.05, 0.1) is 38.5 Å². The molecule has 0 saturated heterocycles. The van der Waals surface area contributed by atoms with Crippen molar-refractivity contribution in [3.05, 3.63) is 87.0 Å². The molecule has 2 heterocycles. The third-order valence-corrected chi connectivity index (χ3v) is 12.7. The van der Waals surface area contributed by atoms with Crippen molar-refractivity contribution in [2.24, 2.45) is 16.6 Å². The predicted molar refractivity (Wildman–Crippen MR) is 289 cm³/mol. The molecule has 2 aromatic carbocycles. The largest absolute Gasteiger partial charge is 0.491 e. The number of aliphatic imine (C=N–C) groups is 1. The summed E-state index contributed by atoms with van der Waals surface area (Å²) < 4.78 is 33.4. The van der Waals surface area contributed by atoms with Crippen LogP contribution in [0.5, 0.6) is 11.5 Å². The van der Waals surface area contributed by atoms with Gasteiger partial charge in [-0.1, -0.05) is 53.9 Å². The Morgan fingerprint density at radius 3 is 1.87 bits per heavy atom. The van der Waals surface area contributed by atoms with E-state index in [4.69, 9.17) is 80.0 Å². The minimum absolute atomic E-state index is 0.0134. The van der Waals surface area contributed by atoms with Gasteiger partial charge in [0.25, 0.3) is 5.91 Å². The molecule has 0 aliphatic heterocycles. The molecule has 76 heavy (non-hydrogen) atoms. The van der Waals surface area contributed by atoms with Crippen molar-refractivity contribution < 1.29 is 47.6 Å². The van der Waals surface area contributed by atoms with Gasteiger partial charge in [-0.2, -0.15) is 0 Å². The van der Waals surface area contributed by atoms with Gasteiger partial charge in [0.2, 0.25) is 0 Å². The lowest BCUT2D eigenvalue weighted by atomic mass is 9.84. The number of nitrogens with one attached hydrogen (secondary N) is 3. The first-order valence-electron chi connectivity index (χ1n) is 25.4. The van der Waals surface area contributed by atoms with E-state index in [1.807, 2.05) is 48.5 Å². The molecule has 0 atom stereocenters. The minimum atomic E-state index is -0.690. The summed E-state index contributed by atoms with van der Waals surface area (Å²) in [5, 5.41) is 13.5. The van der Waals surface area contributed by atoms with Gasteiger partial charge in [0.15, 0.2) is 50.9 Å². The highest BCUT2D eigenvalue weighted by Crippen LogP contribution is 2.27. The van der Waals surface area contributed by atoms with Gasteiger partial charge in [-0.3, -0.25) is 24.7 Å². The first-order chi connectivity index (χ1) is 36.6. The Bertz CT molecular complexity index is 2550. The number of hydrogen-bond donors (Lipinski definition) is 7. The van der Waals surface area contributed by atoms with Crippen LogP contribution in [0.1, 0.15) is 115 Å². The number of carbonyl (C=O) groups excluding carboxylic acids is 4. The maximum Gasteiger partial charge on any atom is 0.407 e. The lowest BCUT2D eigenvalue weighted by Gasteiger charge is -2.28. The number of rotatable bonds is 32. The molecule has 22 nitrogen and oxygen atoms in total. The van der Waals surface area contributed by atoms with E-state index < -0.39 is 12.0 Å². The summed E-state index contributed by atoms with van der Waals surface area (Å²) in [7, 11) is 0. The monoisotopic (exact) mass is 1090 g/mol. The Labute approximate surface area is 452 Å². The van der Waals surface area contributed by atoms with Crippen LogP contribution < -0.4 is 43.0 Å². The smallest absolute Gasteiger partial charge is 0.407 e. The molecule has 412 valence electrons. The number of halogens is 2. The number of anilines is 3. The summed E-state index contributed by atoms with van der Waals surface area (Å²) in [6.45, 7) is 4.21. The third kappa shape index (κ3) is 22.1. The number of ketones is 1. The summed E-state index contributed by atoms with van der Waals surface area (Å²) in [6, 6.07) is 15.7. The van der Waals surface area contributed by atoms with E-state index in [2.05, 4.69) is 35.6 Å². The van der Waals surface area contributed by atoms with E-state index in [1.54, 1.807) is 6.92 Å². The SMILES string of the molecule is Cc1nc(N)c(C(=O)CC(=N)CCCCCc2ccc(OCCOCCOC(=O)NC3CCC(CC(=O)OCCOCCOc4ccc(CCCCN=C(N)NC(=O)c5nc(Cl)c(N)nc5N)cc4)CC3)cc2)nc1Cl. The number of unbranched alkanes of at least 4 members (excludes halogenated alkanes) is 3. The van der Waals surface area contributed by atoms with E-state index in [0.29, 0.717) is 63.0 Å². The second-order valence-electron chi connectivity index (χ2n) is 18.0. The number of aromatic nitrogens is 4. The lowest BCUT2D eigenvalue weighted by molar-refractivity contribution is -0.146. The van der Waals surface area contributed by atoms with E-state index in [-0.39, 0.29) is 102 Å². The number of hydrogen-bond acceptors (Lipinski definition) is 19. The van der Waals surface area contributed by atoms with Crippen LogP contribution in [-0.4, -0.2) is 121 Å². The zero-order valence-electron chi connectivity index (χ0n) is 42.9. The number of amides is 2. The Hall–Kier alpha value is -6.88. The van der Waals surface area contributed by atoms with Crippen LogP contribution in [-0.2, 0) is 36.6 Å². The number of carbonyl (C=O) groups is 4. The molecule has 0 radical (unpaired) electrons. The number of nitrogen functional groups attached to an aromatic ring is 3. The second-order valence-corrected chi connectivity index (χ2v) is 18.8. The number of nitrogens with two attached hydrogens (primary N) is 4.